The fraction of sp³-hybridized carbons (Fsp3) is 0.222. The molecule has 0 spiro atoms. The van der Waals surface area contributed by atoms with Gasteiger partial charge in [0.05, 0.1) is 12.2 Å². The Morgan fingerprint density at radius 2 is 2.50 bits per heavy atom. The molecule has 0 unspecified atom stereocenters. The Bertz CT molecular complexity index is 284. The van der Waals surface area contributed by atoms with E-state index in [0.29, 0.717) is 0 Å². The van der Waals surface area contributed by atoms with Crippen molar-refractivity contribution < 1.29 is 13.9 Å². The summed E-state index contributed by atoms with van der Waals surface area (Å²) in [4.78, 5) is 11.0. The van der Waals surface area contributed by atoms with E-state index in [1.165, 1.54) is 12.1 Å². The fourth-order valence-electron chi connectivity index (χ4n) is 0.765. The SMILES string of the molecule is CCOC(=O)c1[c]ccc(F)c1. The Morgan fingerprint density at radius 1 is 1.75 bits per heavy atom. The van der Waals surface area contributed by atoms with E-state index >= 15 is 0 Å². The van der Waals surface area contributed by atoms with Gasteiger partial charge in [0, 0.05) is 0 Å². The van der Waals surface area contributed by atoms with E-state index < -0.39 is 11.8 Å². The van der Waals surface area contributed by atoms with Crippen LogP contribution in [0, 0.1) is 11.9 Å². The van der Waals surface area contributed by atoms with Gasteiger partial charge in [-0.2, -0.15) is 0 Å². The summed E-state index contributed by atoms with van der Waals surface area (Å²) in [6.07, 6.45) is 0. The lowest BCUT2D eigenvalue weighted by Gasteiger charge is -1.99. The molecule has 0 N–H and O–H groups in total. The van der Waals surface area contributed by atoms with E-state index in [2.05, 4.69) is 10.8 Å². The number of esters is 1. The number of benzene rings is 1. The van der Waals surface area contributed by atoms with Gasteiger partial charge in [0.2, 0.25) is 0 Å². The first-order valence-electron chi connectivity index (χ1n) is 3.58. The predicted molar refractivity (Wildman–Crippen MR) is 41.2 cm³/mol. The summed E-state index contributed by atoms with van der Waals surface area (Å²) < 4.78 is 17.2. The molecule has 1 aromatic carbocycles. The second kappa shape index (κ2) is 3.85. The third-order valence-corrected chi connectivity index (χ3v) is 1.26. The molecule has 0 atom stereocenters. The first-order chi connectivity index (χ1) is 5.74. The van der Waals surface area contributed by atoms with Gasteiger partial charge in [0.1, 0.15) is 5.82 Å². The largest absolute Gasteiger partial charge is 0.462 e. The zero-order valence-electron chi connectivity index (χ0n) is 6.63. The van der Waals surface area contributed by atoms with Crippen molar-refractivity contribution in [2.45, 2.75) is 6.92 Å². The highest BCUT2D eigenvalue weighted by Gasteiger charge is 2.06. The Morgan fingerprint density at radius 3 is 3.08 bits per heavy atom. The van der Waals surface area contributed by atoms with Gasteiger partial charge in [-0.3, -0.25) is 0 Å². The van der Waals surface area contributed by atoms with E-state index in [-0.39, 0.29) is 12.2 Å². The van der Waals surface area contributed by atoms with Gasteiger partial charge >= 0.3 is 5.97 Å². The normalized spacial score (nSPS) is 9.50. The van der Waals surface area contributed by atoms with Crippen LogP contribution in [0.3, 0.4) is 0 Å². The number of halogens is 1. The van der Waals surface area contributed by atoms with Crippen molar-refractivity contribution in [1.29, 1.82) is 0 Å². The van der Waals surface area contributed by atoms with Gasteiger partial charge in [0.25, 0.3) is 0 Å². The number of carbonyl (C=O) groups is 1. The maximum atomic E-state index is 12.5. The molecule has 0 saturated heterocycles. The topological polar surface area (TPSA) is 26.3 Å². The molecule has 0 saturated carbocycles. The Balaban J connectivity index is 2.81. The van der Waals surface area contributed by atoms with Crippen molar-refractivity contribution in [3.63, 3.8) is 0 Å². The molecular weight excluding hydrogens is 159 g/mol. The smallest absolute Gasteiger partial charge is 0.338 e. The Kier molecular flexibility index (Phi) is 2.80. The van der Waals surface area contributed by atoms with Crippen LogP contribution in [0.15, 0.2) is 18.2 Å². The molecule has 0 heterocycles. The molecule has 1 aromatic rings. The van der Waals surface area contributed by atoms with Crippen molar-refractivity contribution in [3.8, 4) is 0 Å². The molecule has 0 fully saturated rings. The third-order valence-electron chi connectivity index (χ3n) is 1.26. The molecule has 0 amide bonds. The minimum absolute atomic E-state index is 0.122. The van der Waals surface area contributed by atoms with E-state index in [4.69, 9.17) is 0 Å². The molecule has 1 rings (SSSR count). The van der Waals surface area contributed by atoms with Crippen molar-refractivity contribution in [3.05, 3.63) is 35.6 Å². The average molecular weight is 167 g/mol. The predicted octanol–water partition coefficient (Wildman–Crippen LogP) is 1.80. The third kappa shape index (κ3) is 2.05. The minimum Gasteiger partial charge on any atom is -0.462 e. The number of rotatable bonds is 2. The van der Waals surface area contributed by atoms with Crippen molar-refractivity contribution in [2.24, 2.45) is 0 Å². The maximum Gasteiger partial charge on any atom is 0.338 e. The molecular formula is C9H8FO2. The molecule has 2 nitrogen and oxygen atoms in total. The van der Waals surface area contributed by atoms with E-state index in [1.807, 2.05) is 0 Å². The van der Waals surface area contributed by atoms with Crippen LogP contribution in [0.4, 0.5) is 4.39 Å². The molecule has 12 heavy (non-hydrogen) atoms. The van der Waals surface area contributed by atoms with Crippen LogP contribution < -0.4 is 0 Å². The van der Waals surface area contributed by atoms with E-state index in [0.717, 1.165) is 6.07 Å². The molecule has 1 radical (unpaired) electrons. The van der Waals surface area contributed by atoms with Gasteiger partial charge in [0.15, 0.2) is 0 Å². The lowest BCUT2D eigenvalue weighted by molar-refractivity contribution is 0.0525. The van der Waals surface area contributed by atoms with Gasteiger partial charge in [-0.1, -0.05) is 6.07 Å². The summed E-state index contributed by atoms with van der Waals surface area (Å²) in [5.74, 6) is -1.01. The van der Waals surface area contributed by atoms with Crippen molar-refractivity contribution in [1.82, 2.24) is 0 Å². The van der Waals surface area contributed by atoms with E-state index in [1.54, 1.807) is 6.92 Å². The molecule has 63 valence electrons. The molecule has 3 heteroatoms. The summed E-state index contributed by atoms with van der Waals surface area (Å²) in [7, 11) is 0. The zero-order valence-corrected chi connectivity index (χ0v) is 6.63. The average Bonchev–Trinajstić information content (AvgIpc) is 2.05. The molecule has 0 aliphatic rings. The maximum absolute atomic E-state index is 12.5. The van der Waals surface area contributed by atoms with Crippen LogP contribution in [0.25, 0.3) is 0 Å². The highest BCUT2D eigenvalue weighted by atomic mass is 19.1. The summed E-state index contributed by atoms with van der Waals surface area (Å²) in [5, 5.41) is 0. The summed E-state index contributed by atoms with van der Waals surface area (Å²) in [6, 6.07) is 6.25. The zero-order chi connectivity index (χ0) is 8.97. The highest BCUT2D eigenvalue weighted by Crippen LogP contribution is 2.03. The second-order valence-electron chi connectivity index (χ2n) is 2.14. The van der Waals surface area contributed by atoms with Gasteiger partial charge in [-0.15, -0.1) is 0 Å². The van der Waals surface area contributed by atoms with Gasteiger partial charge < -0.3 is 4.74 Å². The number of hydrogen-bond acceptors (Lipinski definition) is 2. The number of ether oxygens (including phenoxy) is 1. The molecule has 0 aromatic heterocycles. The van der Waals surface area contributed by atoms with Crippen LogP contribution in [-0.2, 0) is 4.74 Å². The van der Waals surface area contributed by atoms with E-state index in [9.17, 15) is 9.18 Å². The molecule has 0 aliphatic heterocycles. The van der Waals surface area contributed by atoms with Crippen LogP contribution in [0.1, 0.15) is 17.3 Å². The number of hydrogen-bond donors (Lipinski definition) is 0. The van der Waals surface area contributed by atoms with Crippen LogP contribution >= 0.6 is 0 Å². The molecule has 0 bridgehead atoms. The second-order valence-corrected chi connectivity index (χ2v) is 2.14. The lowest BCUT2D eigenvalue weighted by atomic mass is 10.2. The molecule has 0 aliphatic carbocycles. The van der Waals surface area contributed by atoms with Crippen LogP contribution in [0.2, 0.25) is 0 Å². The summed E-state index contributed by atoms with van der Waals surface area (Å²) in [6.45, 7) is 1.97. The van der Waals surface area contributed by atoms with Crippen LogP contribution in [0.5, 0.6) is 0 Å². The van der Waals surface area contributed by atoms with Crippen LogP contribution in [-0.4, -0.2) is 12.6 Å². The lowest BCUT2D eigenvalue weighted by Crippen LogP contribution is -2.04. The standard InChI is InChI=1S/C9H8FO2/c1-2-12-9(11)7-4-3-5-8(10)6-7/h3,5-6H,2H2,1H3. The van der Waals surface area contributed by atoms with Crippen molar-refractivity contribution >= 4 is 5.97 Å². The number of carbonyl (C=O) groups excluding carboxylic acids is 1. The first-order valence-corrected chi connectivity index (χ1v) is 3.58. The Labute approximate surface area is 70.0 Å². The van der Waals surface area contributed by atoms with Gasteiger partial charge in [-0.25, -0.2) is 9.18 Å². The summed E-state index contributed by atoms with van der Waals surface area (Å²) >= 11 is 0. The van der Waals surface area contributed by atoms with Crippen molar-refractivity contribution in [2.75, 3.05) is 6.61 Å². The quantitative estimate of drug-likeness (QED) is 0.628. The minimum atomic E-state index is -0.544. The monoisotopic (exact) mass is 167 g/mol. The summed E-state index contributed by atoms with van der Waals surface area (Å²) in [5.41, 5.74) is 0.122. The fourth-order valence-corrected chi connectivity index (χ4v) is 0.765. The van der Waals surface area contributed by atoms with Gasteiger partial charge in [-0.05, 0) is 25.1 Å². The highest BCUT2D eigenvalue weighted by molar-refractivity contribution is 5.88. The first kappa shape index (κ1) is 8.71. The Hall–Kier alpha value is -1.38.